The predicted molar refractivity (Wildman–Crippen MR) is 1.37 cm³/mol. The molecule has 0 unspecified atom stereocenters. The Kier molecular flexibility index (Phi) is 260. The van der Waals surface area contributed by atoms with Crippen molar-refractivity contribution in [2.24, 2.45) is 0 Å². The molecule has 2 nitrogen and oxygen atoms in total. The molecule has 0 aromatic rings. The molecule has 0 rings (SSSR count). The fourth-order valence-corrected chi connectivity index (χ4v) is 0. The molecule has 21 valence electrons. The molecule has 0 bridgehead atoms. The summed E-state index contributed by atoms with van der Waals surface area (Å²) in [7, 11) is 0. The van der Waals surface area contributed by atoms with E-state index in [1.54, 1.807) is 0 Å². The second-order valence-electron chi connectivity index (χ2n) is 0. The minimum Gasteiger partial charge on any atom is -2.00 e. The molecular weight excluding hydrogens is 226 g/mol. The van der Waals surface area contributed by atoms with E-state index in [0.29, 0.717) is 0 Å². The van der Waals surface area contributed by atoms with E-state index in [2.05, 4.69) is 0 Å². The van der Waals surface area contributed by atoms with Crippen molar-refractivity contribution in [1.82, 2.24) is 0 Å². The standard InChI is InChI=1S/La.Mn.2O/q+3;+2;2*-2. The van der Waals surface area contributed by atoms with E-state index in [1.807, 2.05) is 0 Å². The van der Waals surface area contributed by atoms with Crippen molar-refractivity contribution in [1.29, 1.82) is 0 Å². The molecule has 0 aromatic heterocycles. The van der Waals surface area contributed by atoms with Gasteiger partial charge in [-0.05, 0) is 0 Å². The van der Waals surface area contributed by atoms with Crippen LogP contribution >= 0.6 is 0 Å². The molecule has 0 aliphatic rings. The Labute approximate surface area is 63.0 Å². The van der Waals surface area contributed by atoms with Crippen LogP contribution in [0.1, 0.15) is 0 Å². The molecule has 1 radical (unpaired) electrons. The Bertz CT molecular complexity index is 6.00. The van der Waals surface area contributed by atoms with Crippen LogP contribution in [0.2, 0.25) is 0 Å². The van der Waals surface area contributed by atoms with Gasteiger partial charge in [0.05, 0.1) is 0 Å². The Hall–Kier alpha value is 1.63. The molecule has 0 saturated heterocycles. The van der Waals surface area contributed by atoms with Gasteiger partial charge in [-0.2, -0.15) is 0 Å². The SMILES string of the molecule is [La+3].[Mn+2].[O-2].[O-2]. The Morgan fingerprint density at radius 2 is 0.750 bits per heavy atom. The van der Waals surface area contributed by atoms with Crippen molar-refractivity contribution in [2.45, 2.75) is 0 Å². The van der Waals surface area contributed by atoms with Gasteiger partial charge in [0.25, 0.3) is 0 Å². The van der Waals surface area contributed by atoms with Crippen LogP contribution in [-0.2, 0) is 28.0 Å². The fourth-order valence-electron chi connectivity index (χ4n) is 0. The van der Waals surface area contributed by atoms with Crippen molar-refractivity contribution in [2.75, 3.05) is 0 Å². The smallest absolute Gasteiger partial charge is 2.00 e. The maximum atomic E-state index is 0. The van der Waals surface area contributed by atoms with Crippen LogP contribution in [0, 0.1) is 35.6 Å². The second kappa shape index (κ2) is 22.9. The van der Waals surface area contributed by atoms with Crippen LogP contribution < -0.4 is 0 Å². The third-order valence-electron chi connectivity index (χ3n) is 0. The van der Waals surface area contributed by atoms with E-state index in [4.69, 9.17) is 0 Å². The van der Waals surface area contributed by atoms with Crippen molar-refractivity contribution in [3.05, 3.63) is 0 Å². The summed E-state index contributed by atoms with van der Waals surface area (Å²) < 4.78 is 0. The average molecular weight is 226 g/mol. The summed E-state index contributed by atoms with van der Waals surface area (Å²) in [6.45, 7) is 0. The minimum absolute atomic E-state index is 0. The summed E-state index contributed by atoms with van der Waals surface area (Å²) in [5, 5.41) is 0. The van der Waals surface area contributed by atoms with Gasteiger partial charge in [-0.25, -0.2) is 0 Å². The van der Waals surface area contributed by atoms with Crippen LogP contribution in [0.5, 0.6) is 0 Å². The molecule has 0 saturated carbocycles. The van der Waals surface area contributed by atoms with Crippen molar-refractivity contribution in [3.63, 3.8) is 0 Å². The van der Waals surface area contributed by atoms with Crippen LogP contribution in [0.25, 0.3) is 0 Å². The zero-order valence-electron chi connectivity index (χ0n) is 1.77. The maximum Gasteiger partial charge on any atom is 3.00 e. The fraction of sp³-hybridized carbons (Fsp3) is 0. The van der Waals surface area contributed by atoms with Gasteiger partial charge in [0.15, 0.2) is 0 Å². The molecule has 4 heteroatoms. The average Bonchev–Trinajstić information content (AvgIpc) is 0. The third-order valence-corrected chi connectivity index (χ3v) is 0. The Balaban J connectivity index is 0. The van der Waals surface area contributed by atoms with Gasteiger partial charge < -0.3 is 11.0 Å². The van der Waals surface area contributed by atoms with Crippen LogP contribution in [-0.4, -0.2) is 0 Å². The van der Waals surface area contributed by atoms with Gasteiger partial charge in [0.1, 0.15) is 0 Å². The summed E-state index contributed by atoms with van der Waals surface area (Å²) in [6.07, 6.45) is 0. The van der Waals surface area contributed by atoms with E-state index >= 15 is 0 Å². The van der Waals surface area contributed by atoms with Gasteiger partial charge in [0.2, 0.25) is 0 Å². The van der Waals surface area contributed by atoms with Crippen LogP contribution in [0.4, 0.5) is 0 Å². The summed E-state index contributed by atoms with van der Waals surface area (Å²) in [6, 6.07) is 0. The first-order chi connectivity index (χ1) is 0. The summed E-state index contributed by atoms with van der Waals surface area (Å²) >= 11 is 0. The number of hydrogen-bond acceptors (Lipinski definition) is 0. The van der Waals surface area contributed by atoms with E-state index in [1.165, 1.54) is 0 Å². The molecule has 0 aliphatic heterocycles. The molecule has 4 heavy (non-hydrogen) atoms. The van der Waals surface area contributed by atoms with E-state index in [0.717, 1.165) is 0 Å². The number of hydrogen-bond donors (Lipinski definition) is 0. The normalized spacial score (nSPS) is 0. The van der Waals surface area contributed by atoms with Crippen molar-refractivity contribution >= 4 is 0 Å². The zero-order valence-corrected chi connectivity index (χ0v) is 6.58. The quantitative estimate of drug-likeness (QED) is 0.512. The Morgan fingerprint density at radius 1 is 0.750 bits per heavy atom. The first kappa shape index (κ1) is 45.3. The summed E-state index contributed by atoms with van der Waals surface area (Å²) in [5.74, 6) is 0. The van der Waals surface area contributed by atoms with Crippen LogP contribution in [0.3, 0.4) is 0 Å². The molecular formula is LaMnO2+. The first-order valence-electron chi connectivity index (χ1n) is 0. The molecule has 0 atom stereocenters. The Morgan fingerprint density at radius 3 is 0.750 bits per heavy atom. The largest absolute Gasteiger partial charge is 3.00 e. The molecule has 0 aliphatic carbocycles. The first-order valence-corrected chi connectivity index (χ1v) is 0. The maximum absolute atomic E-state index is 0. The second-order valence-corrected chi connectivity index (χ2v) is 0. The van der Waals surface area contributed by atoms with Crippen LogP contribution in [0.15, 0.2) is 0 Å². The molecule has 0 fully saturated rings. The van der Waals surface area contributed by atoms with Crippen molar-refractivity contribution in [3.8, 4) is 0 Å². The van der Waals surface area contributed by atoms with Gasteiger partial charge in [0, 0.05) is 0 Å². The molecule has 0 amide bonds. The van der Waals surface area contributed by atoms with Crippen molar-refractivity contribution < 1.29 is 63.6 Å². The third kappa shape index (κ3) is 9.44. The topological polar surface area (TPSA) is 57.0 Å². The van der Waals surface area contributed by atoms with Gasteiger partial charge in [-0.3, -0.25) is 0 Å². The van der Waals surface area contributed by atoms with Gasteiger partial charge in [-0.1, -0.05) is 0 Å². The summed E-state index contributed by atoms with van der Waals surface area (Å²) in [5.41, 5.74) is 0. The van der Waals surface area contributed by atoms with E-state index in [9.17, 15) is 0 Å². The molecule has 0 spiro atoms. The van der Waals surface area contributed by atoms with Gasteiger partial charge >= 0.3 is 52.7 Å². The minimum atomic E-state index is 0. The molecule has 0 aromatic carbocycles. The number of rotatable bonds is 0. The predicted octanol–water partition coefficient (Wildman–Crippen LogP) is -0.240. The summed E-state index contributed by atoms with van der Waals surface area (Å²) in [4.78, 5) is 0. The zero-order chi connectivity index (χ0) is 0. The molecule has 0 heterocycles. The van der Waals surface area contributed by atoms with E-state index < -0.39 is 0 Å². The molecule has 0 N–H and O–H groups in total. The van der Waals surface area contributed by atoms with Gasteiger partial charge in [-0.15, -0.1) is 0 Å². The monoisotopic (exact) mass is 226 g/mol. The van der Waals surface area contributed by atoms with E-state index in [-0.39, 0.29) is 63.6 Å².